The van der Waals surface area contributed by atoms with Gasteiger partial charge in [-0.1, -0.05) is 27.5 Å². The van der Waals surface area contributed by atoms with Crippen molar-refractivity contribution in [3.05, 3.63) is 63.1 Å². The van der Waals surface area contributed by atoms with Crippen molar-refractivity contribution in [1.82, 2.24) is 0 Å². The summed E-state index contributed by atoms with van der Waals surface area (Å²) in [7, 11) is 1.62. The van der Waals surface area contributed by atoms with Crippen molar-refractivity contribution in [3.8, 4) is 5.75 Å². The predicted octanol–water partition coefficient (Wildman–Crippen LogP) is 4.53. The van der Waals surface area contributed by atoms with Crippen LogP contribution in [0.1, 0.15) is 11.1 Å². The van der Waals surface area contributed by atoms with Crippen molar-refractivity contribution in [2.24, 2.45) is 0 Å². The number of ether oxygens (including phenoxy) is 1. The van der Waals surface area contributed by atoms with Gasteiger partial charge in [0, 0.05) is 15.6 Å². The topological polar surface area (TPSA) is 33.1 Å². The second kappa shape index (κ2) is 5.55. The molecule has 0 unspecified atom stereocenters. The normalized spacial score (nSPS) is 10.2. The van der Waals surface area contributed by atoms with E-state index in [1.807, 2.05) is 36.4 Å². The fraction of sp³-hybridized carbons (Fsp3) is 0.0714. The highest BCUT2D eigenvalue weighted by molar-refractivity contribution is 9.10. The molecule has 0 saturated heterocycles. The third-order valence-electron chi connectivity index (χ3n) is 2.58. The third-order valence-corrected chi connectivity index (χ3v) is 3.40. The minimum absolute atomic E-state index is 0.393. The molecule has 0 saturated carbocycles. The highest BCUT2D eigenvalue weighted by Crippen LogP contribution is 2.24. The lowest BCUT2D eigenvalue weighted by molar-refractivity contribution is 0.415. The Morgan fingerprint density at radius 3 is 2.44 bits per heavy atom. The molecule has 92 valence electrons. The molecule has 0 heterocycles. The standard InChI is InChI=1S/C14H11BrClNO/c1-18-11-5-2-9(3-6-11)14(17)12-8-10(15)4-7-13(12)16/h2-8,17H,1H3. The maximum atomic E-state index is 8.19. The number of rotatable bonds is 3. The molecule has 0 aliphatic heterocycles. The van der Waals surface area contributed by atoms with E-state index in [0.29, 0.717) is 16.3 Å². The molecule has 0 amide bonds. The van der Waals surface area contributed by atoms with Crippen molar-refractivity contribution in [2.75, 3.05) is 7.11 Å². The molecule has 2 aromatic rings. The van der Waals surface area contributed by atoms with Crippen molar-refractivity contribution < 1.29 is 4.74 Å². The summed E-state index contributed by atoms with van der Waals surface area (Å²) in [4.78, 5) is 0. The summed E-state index contributed by atoms with van der Waals surface area (Å²) in [5.41, 5.74) is 1.90. The van der Waals surface area contributed by atoms with Gasteiger partial charge in [-0.15, -0.1) is 0 Å². The van der Waals surface area contributed by atoms with Gasteiger partial charge in [0.25, 0.3) is 0 Å². The Hall–Kier alpha value is -1.32. The maximum absolute atomic E-state index is 8.19. The van der Waals surface area contributed by atoms with E-state index < -0.39 is 0 Å². The van der Waals surface area contributed by atoms with Crippen molar-refractivity contribution in [1.29, 1.82) is 5.41 Å². The minimum atomic E-state index is 0.393. The first kappa shape index (κ1) is 13.1. The van der Waals surface area contributed by atoms with Gasteiger partial charge in [-0.2, -0.15) is 0 Å². The molecule has 2 rings (SSSR count). The second-order valence-corrected chi connectivity index (χ2v) is 5.05. The van der Waals surface area contributed by atoms with Gasteiger partial charge in [-0.25, -0.2) is 0 Å². The van der Waals surface area contributed by atoms with Crippen LogP contribution in [-0.2, 0) is 0 Å². The summed E-state index contributed by atoms with van der Waals surface area (Å²) < 4.78 is 6.00. The van der Waals surface area contributed by atoms with Gasteiger partial charge in [0.2, 0.25) is 0 Å². The highest BCUT2D eigenvalue weighted by Gasteiger charge is 2.09. The van der Waals surface area contributed by atoms with Crippen LogP contribution < -0.4 is 4.74 Å². The van der Waals surface area contributed by atoms with Crippen LogP contribution in [0.3, 0.4) is 0 Å². The predicted molar refractivity (Wildman–Crippen MR) is 78.1 cm³/mol. The molecular formula is C14H11BrClNO. The minimum Gasteiger partial charge on any atom is -0.497 e. The number of methoxy groups -OCH3 is 1. The first-order valence-electron chi connectivity index (χ1n) is 5.30. The zero-order chi connectivity index (χ0) is 13.1. The van der Waals surface area contributed by atoms with E-state index in [9.17, 15) is 0 Å². The Bertz CT molecular complexity index is 581. The molecule has 1 N–H and O–H groups in total. The Labute approximate surface area is 119 Å². The van der Waals surface area contributed by atoms with E-state index in [4.69, 9.17) is 21.7 Å². The van der Waals surface area contributed by atoms with E-state index in [1.54, 1.807) is 13.2 Å². The zero-order valence-corrected chi connectivity index (χ0v) is 12.0. The Morgan fingerprint density at radius 2 is 1.83 bits per heavy atom. The Morgan fingerprint density at radius 1 is 1.17 bits per heavy atom. The van der Waals surface area contributed by atoms with Crippen LogP contribution in [0.15, 0.2) is 46.9 Å². The molecular weight excluding hydrogens is 314 g/mol. The summed E-state index contributed by atoms with van der Waals surface area (Å²) in [5, 5.41) is 8.76. The van der Waals surface area contributed by atoms with Gasteiger partial charge in [-0.05, 0) is 42.5 Å². The molecule has 2 aromatic carbocycles. The fourth-order valence-corrected chi connectivity index (χ4v) is 2.18. The smallest absolute Gasteiger partial charge is 0.118 e. The van der Waals surface area contributed by atoms with Crippen LogP contribution in [0.25, 0.3) is 0 Å². The zero-order valence-electron chi connectivity index (χ0n) is 9.71. The lowest BCUT2D eigenvalue weighted by Crippen LogP contribution is -2.02. The van der Waals surface area contributed by atoms with Gasteiger partial charge in [-0.3, -0.25) is 5.41 Å². The van der Waals surface area contributed by atoms with Crippen LogP contribution in [-0.4, -0.2) is 12.8 Å². The Kier molecular flexibility index (Phi) is 4.04. The van der Waals surface area contributed by atoms with Crippen molar-refractivity contribution in [2.45, 2.75) is 0 Å². The number of hydrogen-bond acceptors (Lipinski definition) is 2. The first-order chi connectivity index (χ1) is 8.61. The quantitative estimate of drug-likeness (QED) is 0.827. The number of benzene rings is 2. The molecule has 0 aliphatic carbocycles. The van der Waals surface area contributed by atoms with Crippen LogP contribution in [0, 0.1) is 5.41 Å². The number of halogens is 2. The summed E-state index contributed by atoms with van der Waals surface area (Å²) in [6.07, 6.45) is 0. The van der Waals surface area contributed by atoms with Gasteiger partial charge >= 0.3 is 0 Å². The van der Waals surface area contributed by atoms with Crippen LogP contribution >= 0.6 is 27.5 Å². The van der Waals surface area contributed by atoms with Crippen molar-refractivity contribution in [3.63, 3.8) is 0 Å². The van der Waals surface area contributed by atoms with Gasteiger partial charge in [0.15, 0.2) is 0 Å². The van der Waals surface area contributed by atoms with Gasteiger partial charge in [0.05, 0.1) is 17.8 Å². The first-order valence-corrected chi connectivity index (χ1v) is 6.47. The maximum Gasteiger partial charge on any atom is 0.118 e. The van der Waals surface area contributed by atoms with E-state index in [-0.39, 0.29) is 0 Å². The largest absolute Gasteiger partial charge is 0.497 e. The molecule has 4 heteroatoms. The van der Waals surface area contributed by atoms with Crippen LogP contribution in [0.5, 0.6) is 5.75 Å². The molecule has 0 aliphatic rings. The van der Waals surface area contributed by atoms with E-state index in [0.717, 1.165) is 15.8 Å². The summed E-state index contributed by atoms with van der Waals surface area (Å²) in [6.45, 7) is 0. The summed E-state index contributed by atoms with van der Waals surface area (Å²) in [6, 6.07) is 12.8. The average molecular weight is 325 g/mol. The second-order valence-electron chi connectivity index (χ2n) is 3.73. The molecule has 0 radical (unpaired) electrons. The van der Waals surface area contributed by atoms with E-state index in [2.05, 4.69) is 15.9 Å². The molecule has 0 spiro atoms. The molecule has 0 bridgehead atoms. The lowest BCUT2D eigenvalue weighted by atomic mass is 10.0. The summed E-state index contributed by atoms with van der Waals surface area (Å²) >= 11 is 9.50. The van der Waals surface area contributed by atoms with E-state index in [1.165, 1.54) is 0 Å². The third kappa shape index (κ3) is 2.74. The van der Waals surface area contributed by atoms with Gasteiger partial charge in [0.1, 0.15) is 5.75 Å². The molecule has 2 nitrogen and oxygen atoms in total. The average Bonchev–Trinajstić information content (AvgIpc) is 2.41. The monoisotopic (exact) mass is 323 g/mol. The number of nitrogens with one attached hydrogen (secondary N) is 1. The van der Waals surface area contributed by atoms with Gasteiger partial charge < -0.3 is 4.74 Å². The Balaban J connectivity index is 2.38. The summed E-state index contributed by atoms with van der Waals surface area (Å²) in [5.74, 6) is 0.770. The fourth-order valence-electron chi connectivity index (χ4n) is 1.60. The van der Waals surface area contributed by atoms with Crippen LogP contribution in [0.2, 0.25) is 5.02 Å². The molecule has 0 atom stereocenters. The highest BCUT2D eigenvalue weighted by atomic mass is 79.9. The van der Waals surface area contributed by atoms with Crippen LogP contribution in [0.4, 0.5) is 0 Å². The molecule has 0 aromatic heterocycles. The van der Waals surface area contributed by atoms with Crippen molar-refractivity contribution >= 4 is 33.2 Å². The van der Waals surface area contributed by atoms with E-state index >= 15 is 0 Å². The molecule has 18 heavy (non-hydrogen) atoms. The SMILES string of the molecule is COc1ccc(C(=N)c2cc(Br)ccc2Cl)cc1. The molecule has 0 fully saturated rings. The lowest BCUT2D eigenvalue weighted by Gasteiger charge is -2.08. The number of hydrogen-bond donors (Lipinski definition) is 1.